The Balaban J connectivity index is 2.32. The maximum Gasteiger partial charge on any atom is 0.339 e. The fraction of sp³-hybridized carbons (Fsp3) is 0.273. The van der Waals surface area contributed by atoms with Crippen molar-refractivity contribution < 1.29 is 19.8 Å². The Labute approximate surface area is 107 Å². The Kier molecular flexibility index (Phi) is 3.07. The minimum Gasteiger partial charge on any atom is -0.478 e. The zero-order valence-electron chi connectivity index (χ0n) is 10.4. The van der Waals surface area contributed by atoms with Crippen LogP contribution in [0.15, 0.2) is 12.4 Å². The molecule has 2 aromatic rings. The van der Waals surface area contributed by atoms with Gasteiger partial charge in [0, 0.05) is 0 Å². The SMILES string of the molecule is Cc1c(C(=O)O)cnn1Cn1ncc(C(=O)O)c1C. The van der Waals surface area contributed by atoms with Crippen LogP contribution < -0.4 is 0 Å². The fourth-order valence-electron chi connectivity index (χ4n) is 1.72. The third kappa shape index (κ3) is 2.19. The van der Waals surface area contributed by atoms with Crippen LogP contribution in [0.25, 0.3) is 0 Å². The van der Waals surface area contributed by atoms with Crippen LogP contribution >= 0.6 is 0 Å². The molecule has 0 aliphatic rings. The number of aromatic carboxylic acids is 2. The zero-order valence-corrected chi connectivity index (χ0v) is 10.4. The van der Waals surface area contributed by atoms with E-state index in [0.29, 0.717) is 11.4 Å². The minimum absolute atomic E-state index is 0.114. The van der Waals surface area contributed by atoms with Crippen molar-refractivity contribution >= 4 is 11.9 Å². The number of aromatic nitrogens is 4. The first kappa shape index (κ1) is 12.8. The van der Waals surface area contributed by atoms with Crippen molar-refractivity contribution in [2.24, 2.45) is 0 Å². The number of carbonyl (C=O) groups is 2. The summed E-state index contributed by atoms with van der Waals surface area (Å²) < 4.78 is 2.91. The topological polar surface area (TPSA) is 110 Å². The van der Waals surface area contributed by atoms with Crippen LogP contribution in [0, 0.1) is 13.8 Å². The van der Waals surface area contributed by atoms with Gasteiger partial charge in [-0.25, -0.2) is 19.0 Å². The van der Waals surface area contributed by atoms with Crippen LogP contribution in [-0.2, 0) is 6.67 Å². The molecule has 0 aromatic carbocycles. The van der Waals surface area contributed by atoms with Gasteiger partial charge in [-0.15, -0.1) is 0 Å². The monoisotopic (exact) mass is 264 g/mol. The number of carboxylic acid groups (broad SMARTS) is 2. The van der Waals surface area contributed by atoms with Gasteiger partial charge in [-0.1, -0.05) is 0 Å². The lowest BCUT2D eigenvalue weighted by Crippen LogP contribution is -2.14. The molecule has 8 nitrogen and oxygen atoms in total. The van der Waals surface area contributed by atoms with E-state index < -0.39 is 11.9 Å². The normalized spacial score (nSPS) is 10.6. The zero-order chi connectivity index (χ0) is 14.2. The number of rotatable bonds is 4. The predicted molar refractivity (Wildman–Crippen MR) is 63.2 cm³/mol. The van der Waals surface area contributed by atoms with Crippen molar-refractivity contribution in [1.82, 2.24) is 19.6 Å². The largest absolute Gasteiger partial charge is 0.478 e. The number of hydrogen-bond donors (Lipinski definition) is 2. The Morgan fingerprint density at radius 2 is 1.37 bits per heavy atom. The van der Waals surface area contributed by atoms with Gasteiger partial charge in [0.25, 0.3) is 0 Å². The van der Waals surface area contributed by atoms with Crippen LogP contribution in [0.1, 0.15) is 32.1 Å². The summed E-state index contributed by atoms with van der Waals surface area (Å²) in [5, 5.41) is 25.8. The maximum atomic E-state index is 10.9. The van der Waals surface area contributed by atoms with Crippen molar-refractivity contribution in [1.29, 1.82) is 0 Å². The van der Waals surface area contributed by atoms with Crippen molar-refractivity contribution in [3.8, 4) is 0 Å². The number of hydrogen-bond acceptors (Lipinski definition) is 4. The van der Waals surface area contributed by atoms with Crippen molar-refractivity contribution in [3.05, 3.63) is 34.9 Å². The van der Waals surface area contributed by atoms with Crippen molar-refractivity contribution in [2.45, 2.75) is 20.5 Å². The first-order valence-electron chi connectivity index (χ1n) is 5.43. The molecule has 0 unspecified atom stereocenters. The van der Waals surface area contributed by atoms with E-state index in [-0.39, 0.29) is 17.8 Å². The molecule has 2 heterocycles. The molecule has 0 spiro atoms. The van der Waals surface area contributed by atoms with E-state index in [1.165, 1.54) is 21.8 Å². The van der Waals surface area contributed by atoms with Crippen LogP contribution in [0.5, 0.6) is 0 Å². The van der Waals surface area contributed by atoms with Gasteiger partial charge < -0.3 is 10.2 Å². The summed E-state index contributed by atoms with van der Waals surface area (Å²) in [5.74, 6) is -2.10. The third-order valence-corrected chi connectivity index (χ3v) is 2.94. The molecule has 0 bridgehead atoms. The van der Waals surface area contributed by atoms with Gasteiger partial charge in [0.2, 0.25) is 0 Å². The number of nitrogens with zero attached hydrogens (tertiary/aromatic N) is 4. The summed E-state index contributed by atoms with van der Waals surface area (Å²) in [4.78, 5) is 21.8. The van der Waals surface area contributed by atoms with E-state index in [4.69, 9.17) is 10.2 Å². The quantitative estimate of drug-likeness (QED) is 0.836. The lowest BCUT2D eigenvalue weighted by molar-refractivity contribution is 0.0685. The average Bonchev–Trinajstić information content (AvgIpc) is 2.85. The van der Waals surface area contributed by atoms with E-state index in [2.05, 4.69) is 10.2 Å². The Hall–Kier alpha value is -2.64. The molecule has 2 rings (SSSR count). The highest BCUT2D eigenvalue weighted by Gasteiger charge is 2.16. The second-order valence-electron chi connectivity index (χ2n) is 4.04. The second kappa shape index (κ2) is 4.56. The Morgan fingerprint density at radius 3 is 1.63 bits per heavy atom. The van der Waals surface area contributed by atoms with Crippen molar-refractivity contribution in [2.75, 3.05) is 0 Å². The Bertz CT molecular complexity index is 599. The molecule has 0 fully saturated rings. The van der Waals surface area contributed by atoms with E-state index in [1.54, 1.807) is 13.8 Å². The van der Waals surface area contributed by atoms with Gasteiger partial charge in [0.05, 0.1) is 23.8 Å². The van der Waals surface area contributed by atoms with Crippen LogP contribution in [-0.4, -0.2) is 41.7 Å². The lowest BCUT2D eigenvalue weighted by Gasteiger charge is -2.07. The predicted octanol–water partition coefficient (Wildman–Crippen LogP) is 0.599. The summed E-state index contributed by atoms with van der Waals surface area (Å²) >= 11 is 0. The van der Waals surface area contributed by atoms with Crippen LogP contribution in [0.4, 0.5) is 0 Å². The summed E-state index contributed by atoms with van der Waals surface area (Å²) in [6.07, 6.45) is 2.52. The van der Waals surface area contributed by atoms with Gasteiger partial charge in [-0.3, -0.25) is 0 Å². The molecule has 0 aliphatic heterocycles. The first-order valence-corrected chi connectivity index (χ1v) is 5.43. The molecule has 0 saturated heterocycles. The molecular weight excluding hydrogens is 252 g/mol. The van der Waals surface area contributed by atoms with Gasteiger partial charge >= 0.3 is 11.9 Å². The van der Waals surface area contributed by atoms with E-state index in [0.717, 1.165) is 0 Å². The minimum atomic E-state index is -1.05. The average molecular weight is 264 g/mol. The summed E-state index contributed by atoms with van der Waals surface area (Å²) in [5.41, 5.74) is 1.20. The highest BCUT2D eigenvalue weighted by molar-refractivity contribution is 5.89. The fourth-order valence-corrected chi connectivity index (χ4v) is 1.72. The highest BCUT2D eigenvalue weighted by Crippen LogP contribution is 2.10. The molecule has 0 amide bonds. The summed E-state index contributed by atoms with van der Waals surface area (Å²) in [6.45, 7) is 3.43. The van der Waals surface area contributed by atoms with Gasteiger partial charge in [-0.2, -0.15) is 10.2 Å². The highest BCUT2D eigenvalue weighted by atomic mass is 16.4. The van der Waals surface area contributed by atoms with Gasteiger partial charge in [0.1, 0.15) is 17.8 Å². The number of carboxylic acids is 2. The first-order chi connectivity index (χ1) is 8.91. The molecule has 0 saturated carbocycles. The molecule has 0 aliphatic carbocycles. The molecular formula is C11H12N4O4. The molecule has 2 N–H and O–H groups in total. The van der Waals surface area contributed by atoms with E-state index in [9.17, 15) is 9.59 Å². The molecule has 8 heteroatoms. The van der Waals surface area contributed by atoms with Gasteiger partial charge in [0.15, 0.2) is 0 Å². The molecule has 100 valence electrons. The van der Waals surface area contributed by atoms with Gasteiger partial charge in [-0.05, 0) is 13.8 Å². The summed E-state index contributed by atoms with van der Waals surface area (Å²) in [6, 6.07) is 0. The maximum absolute atomic E-state index is 10.9. The standard InChI is InChI=1S/C11H12N4O4/c1-6-8(10(16)17)3-12-14(6)5-15-7(2)9(4-13-15)11(18)19/h3-4H,5H2,1-2H3,(H,16,17)(H,18,19). The molecule has 2 aromatic heterocycles. The molecule has 19 heavy (non-hydrogen) atoms. The summed E-state index contributed by atoms with van der Waals surface area (Å²) in [7, 11) is 0. The van der Waals surface area contributed by atoms with Crippen molar-refractivity contribution in [3.63, 3.8) is 0 Å². The smallest absolute Gasteiger partial charge is 0.339 e. The van der Waals surface area contributed by atoms with E-state index in [1.807, 2.05) is 0 Å². The Morgan fingerprint density at radius 1 is 1.00 bits per heavy atom. The lowest BCUT2D eigenvalue weighted by atomic mass is 10.3. The second-order valence-corrected chi connectivity index (χ2v) is 4.04. The van der Waals surface area contributed by atoms with E-state index >= 15 is 0 Å². The van der Waals surface area contributed by atoms with Crippen LogP contribution in [0.3, 0.4) is 0 Å². The van der Waals surface area contributed by atoms with Crippen LogP contribution in [0.2, 0.25) is 0 Å². The molecule has 0 atom stereocenters. The molecule has 0 radical (unpaired) electrons. The third-order valence-electron chi connectivity index (χ3n) is 2.94.